The van der Waals surface area contributed by atoms with Crippen LogP contribution in [0.3, 0.4) is 0 Å². The molecular formula is C58H102NO10P. The normalized spacial score (nSPS) is 14.0. The van der Waals surface area contributed by atoms with Crippen LogP contribution in [0.15, 0.2) is 72.9 Å². The molecule has 4 N–H and O–H groups in total. The number of aliphatic carboxylic acids is 1. The van der Waals surface area contributed by atoms with E-state index in [0.717, 1.165) is 96.3 Å². The Kier molecular flexibility index (Phi) is 50.0. The van der Waals surface area contributed by atoms with E-state index in [1.54, 1.807) is 0 Å². The molecular weight excluding hydrogens is 902 g/mol. The highest BCUT2D eigenvalue weighted by molar-refractivity contribution is 7.47. The number of phosphoric acid groups is 1. The third-order valence-electron chi connectivity index (χ3n) is 12.0. The van der Waals surface area contributed by atoms with Gasteiger partial charge in [0.15, 0.2) is 6.04 Å². The molecule has 12 heteroatoms. The van der Waals surface area contributed by atoms with Gasteiger partial charge in [-0.25, -0.2) is 9.36 Å². The molecule has 0 aliphatic rings. The van der Waals surface area contributed by atoms with Crippen LogP contribution in [0.25, 0.3) is 0 Å². The van der Waals surface area contributed by atoms with Crippen LogP contribution in [-0.4, -0.2) is 64.9 Å². The number of phosphoric ester groups is 1. The summed E-state index contributed by atoms with van der Waals surface area (Å²) in [5.41, 5.74) is 0. The first-order chi connectivity index (χ1) is 34.1. The first kappa shape index (κ1) is 66.9. The maximum atomic E-state index is 12.4. The number of carboxylic acid groups (broad SMARTS) is 1. The molecule has 0 aliphatic heterocycles. The van der Waals surface area contributed by atoms with Crippen LogP contribution < -0.4 is 5.32 Å². The second kappa shape index (κ2) is 52.2. The van der Waals surface area contributed by atoms with Gasteiger partial charge in [0.05, 0.1) is 13.2 Å². The molecule has 0 rings (SSSR count). The highest BCUT2D eigenvalue weighted by atomic mass is 31.2. The first-order valence-electron chi connectivity index (χ1n) is 28.0. The SMILES string of the molecule is CC/C=C\C/C=C\C/C=C\C/C=C\C/C=C\CCCCCCCCCC(=O)NC(COP(=O)(O)OCC(O)COC(=O)CCCCCCCCCCCCCCC/C=C/CCCCCCCC)C(=O)O. The third-order valence-corrected chi connectivity index (χ3v) is 12.9. The molecule has 0 aromatic rings. The summed E-state index contributed by atoms with van der Waals surface area (Å²) in [6, 6.07) is -1.56. The van der Waals surface area contributed by atoms with E-state index in [1.807, 2.05) is 0 Å². The molecule has 0 aliphatic carbocycles. The number of hydrogen-bond donors (Lipinski definition) is 4. The molecule has 11 nitrogen and oxygen atoms in total. The first-order valence-corrected chi connectivity index (χ1v) is 29.5. The van der Waals surface area contributed by atoms with Crippen molar-refractivity contribution in [3.8, 4) is 0 Å². The van der Waals surface area contributed by atoms with E-state index in [0.29, 0.717) is 12.8 Å². The predicted molar refractivity (Wildman–Crippen MR) is 291 cm³/mol. The molecule has 0 radical (unpaired) electrons. The summed E-state index contributed by atoms with van der Waals surface area (Å²) in [5.74, 6) is -2.39. The van der Waals surface area contributed by atoms with Gasteiger partial charge in [0.1, 0.15) is 12.7 Å². The quantitative estimate of drug-likeness (QED) is 0.0199. The number of ether oxygens (including phenoxy) is 1. The number of aliphatic hydroxyl groups excluding tert-OH is 1. The lowest BCUT2D eigenvalue weighted by molar-refractivity contribution is -0.147. The Hall–Kier alpha value is -3.08. The van der Waals surface area contributed by atoms with Crippen molar-refractivity contribution >= 4 is 25.7 Å². The fraction of sp³-hybridized carbons (Fsp3) is 0.741. The van der Waals surface area contributed by atoms with Crippen molar-refractivity contribution in [2.75, 3.05) is 19.8 Å². The molecule has 0 fully saturated rings. The minimum atomic E-state index is -4.77. The molecule has 0 saturated carbocycles. The Morgan fingerprint density at radius 2 is 0.829 bits per heavy atom. The lowest BCUT2D eigenvalue weighted by Crippen LogP contribution is -2.43. The van der Waals surface area contributed by atoms with Crippen LogP contribution in [0.1, 0.15) is 245 Å². The van der Waals surface area contributed by atoms with Crippen molar-refractivity contribution in [3.63, 3.8) is 0 Å². The average molecular weight is 1000 g/mol. The van der Waals surface area contributed by atoms with Gasteiger partial charge in [0, 0.05) is 12.8 Å². The molecule has 0 spiro atoms. The van der Waals surface area contributed by atoms with Crippen LogP contribution in [0, 0.1) is 0 Å². The van der Waals surface area contributed by atoms with Gasteiger partial charge in [-0.1, -0.05) is 222 Å². The Bertz CT molecular complexity index is 1460. The minimum absolute atomic E-state index is 0.130. The summed E-state index contributed by atoms with van der Waals surface area (Å²) in [6.45, 7) is 2.50. The Labute approximate surface area is 427 Å². The molecule has 3 unspecified atom stereocenters. The number of esters is 1. The van der Waals surface area contributed by atoms with Gasteiger partial charge in [0.2, 0.25) is 5.91 Å². The maximum Gasteiger partial charge on any atom is 0.472 e. The van der Waals surface area contributed by atoms with E-state index < -0.39 is 57.6 Å². The zero-order chi connectivity index (χ0) is 51.3. The summed E-state index contributed by atoms with van der Waals surface area (Å²) < 4.78 is 27.0. The third kappa shape index (κ3) is 51.3. The van der Waals surface area contributed by atoms with Crippen molar-refractivity contribution in [1.82, 2.24) is 5.32 Å². The zero-order valence-electron chi connectivity index (χ0n) is 44.3. The summed E-state index contributed by atoms with van der Waals surface area (Å²) in [7, 11) is -4.77. The smallest absolute Gasteiger partial charge is 0.472 e. The van der Waals surface area contributed by atoms with Gasteiger partial charge >= 0.3 is 19.8 Å². The van der Waals surface area contributed by atoms with Crippen LogP contribution in [0.5, 0.6) is 0 Å². The number of amides is 1. The molecule has 70 heavy (non-hydrogen) atoms. The van der Waals surface area contributed by atoms with Gasteiger partial charge in [-0.3, -0.25) is 18.6 Å². The number of hydrogen-bond acceptors (Lipinski definition) is 8. The van der Waals surface area contributed by atoms with E-state index >= 15 is 0 Å². The van der Waals surface area contributed by atoms with E-state index in [2.05, 4.69) is 92.1 Å². The molecule has 0 aromatic heterocycles. The number of carboxylic acids is 1. The summed E-state index contributed by atoms with van der Waals surface area (Å²) >= 11 is 0. The van der Waals surface area contributed by atoms with Crippen LogP contribution in [0.2, 0.25) is 0 Å². The number of rotatable bonds is 52. The lowest BCUT2D eigenvalue weighted by atomic mass is 10.0. The van der Waals surface area contributed by atoms with Crippen LogP contribution in [0.4, 0.5) is 0 Å². The van der Waals surface area contributed by atoms with Crippen molar-refractivity contribution in [1.29, 1.82) is 0 Å². The molecule has 3 atom stereocenters. The summed E-state index contributed by atoms with van der Waals surface area (Å²) in [5, 5.41) is 22.0. The standard InChI is InChI=1S/C58H102NO10P/c1-3-5-7-9-11-13-15-17-19-21-23-25-27-29-31-33-35-37-39-41-43-45-47-49-56(61)59-55(58(63)64)53-69-70(65,66)68-52-54(60)51-67-57(62)50-48-46-44-42-40-38-36-34-32-30-28-26-24-22-20-18-16-14-12-10-8-6-4-2/h5,7,11,13,17-20,23,25,29,31,54-55,60H,3-4,6,8-10,12,14-16,21-22,24,26-28,30,32-53H2,1-2H3,(H,59,61)(H,63,64)(H,65,66)/b7-5-,13-11-,19-17-,20-18+,25-23-,31-29-. The number of carbonyl (C=O) groups excluding carboxylic acids is 2. The van der Waals surface area contributed by atoms with Crippen molar-refractivity contribution in [2.45, 2.75) is 257 Å². The van der Waals surface area contributed by atoms with Crippen LogP contribution in [-0.2, 0) is 32.7 Å². The van der Waals surface area contributed by atoms with Gasteiger partial charge in [-0.2, -0.15) is 0 Å². The van der Waals surface area contributed by atoms with Gasteiger partial charge in [-0.05, 0) is 83.5 Å². The largest absolute Gasteiger partial charge is 0.480 e. The monoisotopic (exact) mass is 1000 g/mol. The van der Waals surface area contributed by atoms with E-state index in [1.165, 1.54) is 109 Å². The Morgan fingerprint density at radius 1 is 0.471 bits per heavy atom. The van der Waals surface area contributed by atoms with E-state index in [4.69, 9.17) is 13.8 Å². The van der Waals surface area contributed by atoms with Crippen LogP contribution >= 0.6 is 7.82 Å². The Morgan fingerprint density at radius 3 is 1.26 bits per heavy atom. The topological polar surface area (TPSA) is 169 Å². The van der Waals surface area contributed by atoms with Gasteiger partial charge in [0.25, 0.3) is 0 Å². The van der Waals surface area contributed by atoms with Crippen molar-refractivity contribution < 1.29 is 47.8 Å². The second-order valence-electron chi connectivity index (χ2n) is 18.7. The summed E-state index contributed by atoms with van der Waals surface area (Å²) in [6.07, 6.45) is 64.9. The van der Waals surface area contributed by atoms with Gasteiger partial charge < -0.3 is 25.2 Å². The molecule has 404 valence electrons. The second-order valence-corrected chi connectivity index (χ2v) is 20.2. The molecule has 1 amide bonds. The highest BCUT2D eigenvalue weighted by Crippen LogP contribution is 2.43. The summed E-state index contributed by atoms with van der Waals surface area (Å²) in [4.78, 5) is 46.2. The number of carbonyl (C=O) groups is 3. The van der Waals surface area contributed by atoms with Gasteiger partial charge in [-0.15, -0.1) is 0 Å². The van der Waals surface area contributed by atoms with E-state index in [-0.39, 0.29) is 12.8 Å². The lowest BCUT2D eigenvalue weighted by Gasteiger charge is -2.18. The molecule has 0 heterocycles. The molecule has 0 saturated heterocycles. The van der Waals surface area contributed by atoms with Crippen molar-refractivity contribution in [2.24, 2.45) is 0 Å². The minimum Gasteiger partial charge on any atom is -0.480 e. The van der Waals surface area contributed by atoms with Crippen molar-refractivity contribution in [3.05, 3.63) is 72.9 Å². The van der Waals surface area contributed by atoms with E-state index in [9.17, 15) is 34.1 Å². The maximum absolute atomic E-state index is 12.4. The highest BCUT2D eigenvalue weighted by Gasteiger charge is 2.28. The fourth-order valence-corrected chi connectivity index (χ4v) is 8.46. The Balaban J connectivity index is 3.81. The number of aliphatic hydroxyl groups is 1. The number of allylic oxidation sites excluding steroid dienone is 12. The zero-order valence-corrected chi connectivity index (χ0v) is 45.2. The molecule has 0 bridgehead atoms. The number of nitrogens with one attached hydrogen (secondary N) is 1. The average Bonchev–Trinajstić information content (AvgIpc) is 3.34. The predicted octanol–water partition coefficient (Wildman–Crippen LogP) is 16.0. The fourth-order valence-electron chi connectivity index (χ4n) is 7.69. The molecule has 0 aromatic carbocycles. The number of unbranched alkanes of at least 4 members (excludes halogenated alkanes) is 26.